The van der Waals surface area contributed by atoms with E-state index < -0.39 is 35.3 Å². The summed E-state index contributed by atoms with van der Waals surface area (Å²) in [4.78, 5) is 32.0. The number of amides is 1. The number of nitrogens with two attached hydrogens (primary N) is 1. The Morgan fingerprint density at radius 2 is 1.74 bits per heavy atom. The molecule has 2 aliphatic rings. The number of aromatic nitrogens is 2. The number of carbonyl (C=O) groups is 1. The fourth-order valence-electron chi connectivity index (χ4n) is 5.24. The molecule has 4 rings (SSSR count). The fraction of sp³-hybridized carbons (Fsp3) is 0.542. The van der Waals surface area contributed by atoms with Crippen LogP contribution in [-0.2, 0) is 0 Å². The maximum absolute atomic E-state index is 13.5. The smallest absolute Gasteiger partial charge is 0.365 e. The van der Waals surface area contributed by atoms with Crippen molar-refractivity contribution in [3.05, 3.63) is 50.6 Å². The first-order valence-electron chi connectivity index (χ1n) is 11.3. The highest BCUT2D eigenvalue weighted by Crippen LogP contribution is 2.50. The summed E-state index contributed by atoms with van der Waals surface area (Å²) in [5.41, 5.74) is 7.24. The first-order chi connectivity index (χ1) is 15.8. The minimum absolute atomic E-state index is 0.0259. The van der Waals surface area contributed by atoms with Crippen molar-refractivity contribution in [3.63, 3.8) is 0 Å². The van der Waals surface area contributed by atoms with Gasteiger partial charge in [0.05, 0.1) is 11.6 Å². The van der Waals surface area contributed by atoms with Crippen molar-refractivity contribution in [2.24, 2.45) is 11.7 Å². The van der Waals surface area contributed by atoms with Crippen LogP contribution in [0.4, 0.5) is 22.0 Å². The summed E-state index contributed by atoms with van der Waals surface area (Å²) in [6, 6.07) is 1.71. The molecular formula is C24H26F5N3O2. The van der Waals surface area contributed by atoms with Gasteiger partial charge in [-0.2, -0.15) is 13.2 Å². The maximum atomic E-state index is 13.5. The zero-order valence-corrected chi connectivity index (χ0v) is 18.9. The zero-order valence-electron chi connectivity index (χ0n) is 18.9. The predicted octanol–water partition coefficient (Wildman–Crippen LogP) is 5.50. The number of carbonyl (C=O) groups excluding carboxylic acids is 1. The van der Waals surface area contributed by atoms with Gasteiger partial charge in [0.1, 0.15) is 5.56 Å². The number of primary amides is 1. The summed E-state index contributed by atoms with van der Waals surface area (Å²) in [6.45, 7) is 3.07. The number of pyridine rings is 2. The van der Waals surface area contributed by atoms with Crippen molar-refractivity contribution in [2.75, 3.05) is 0 Å². The van der Waals surface area contributed by atoms with E-state index in [-0.39, 0.29) is 61.3 Å². The number of hydrogen-bond acceptors (Lipinski definition) is 3. The molecule has 3 N–H and O–H groups in total. The summed E-state index contributed by atoms with van der Waals surface area (Å²) in [5, 5.41) is 0. The van der Waals surface area contributed by atoms with Gasteiger partial charge < -0.3 is 10.7 Å². The predicted molar refractivity (Wildman–Crippen MR) is 116 cm³/mol. The SMILES string of the molecule is Cc1[nH]c(-c2cnc(C3CC(F)(F)C3)cc2C2CCC(C(F)(F)F)CC2)c(C)c(=O)c1C(N)=O. The van der Waals surface area contributed by atoms with Gasteiger partial charge in [-0.25, -0.2) is 8.78 Å². The van der Waals surface area contributed by atoms with Gasteiger partial charge in [0.2, 0.25) is 5.92 Å². The molecule has 10 heteroatoms. The van der Waals surface area contributed by atoms with Crippen molar-refractivity contribution in [2.45, 2.75) is 76.3 Å². The Morgan fingerprint density at radius 1 is 1.12 bits per heavy atom. The van der Waals surface area contributed by atoms with E-state index >= 15 is 0 Å². The van der Waals surface area contributed by atoms with Crippen LogP contribution in [-0.4, -0.2) is 28.0 Å². The number of nitrogens with zero attached hydrogens (tertiary/aromatic N) is 1. The van der Waals surface area contributed by atoms with E-state index in [4.69, 9.17) is 5.73 Å². The van der Waals surface area contributed by atoms with Crippen LogP contribution in [0.3, 0.4) is 0 Å². The summed E-state index contributed by atoms with van der Waals surface area (Å²) in [5.74, 6) is -5.63. The molecule has 0 unspecified atom stereocenters. The zero-order chi connectivity index (χ0) is 25.0. The Balaban J connectivity index is 1.78. The van der Waals surface area contributed by atoms with Crippen LogP contribution >= 0.6 is 0 Å². The van der Waals surface area contributed by atoms with Crippen molar-refractivity contribution in [3.8, 4) is 11.3 Å². The van der Waals surface area contributed by atoms with Crippen LogP contribution in [0.5, 0.6) is 0 Å². The Kier molecular flexibility index (Phi) is 6.06. The Morgan fingerprint density at radius 3 is 2.26 bits per heavy atom. The van der Waals surface area contributed by atoms with Gasteiger partial charge >= 0.3 is 6.18 Å². The van der Waals surface area contributed by atoms with Crippen LogP contribution in [0.1, 0.15) is 83.2 Å². The van der Waals surface area contributed by atoms with Crippen molar-refractivity contribution in [1.82, 2.24) is 9.97 Å². The average molecular weight is 483 g/mol. The van der Waals surface area contributed by atoms with Gasteiger partial charge in [-0.05, 0) is 57.1 Å². The molecule has 5 nitrogen and oxygen atoms in total. The molecule has 0 radical (unpaired) electrons. The van der Waals surface area contributed by atoms with E-state index in [0.29, 0.717) is 22.5 Å². The number of alkyl halides is 5. The molecule has 34 heavy (non-hydrogen) atoms. The number of aromatic amines is 1. The quantitative estimate of drug-likeness (QED) is 0.563. The lowest BCUT2D eigenvalue weighted by Gasteiger charge is -2.36. The molecule has 2 aliphatic carbocycles. The van der Waals surface area contributed by atoms with Gasteiger partial charge in [-0.15, -0.1) is 0 Å². The molecule has 2 fully saturated rings. The molecular weight excluding hydrogens is 457 g/mol. The molecule has 2 aromatic rings. The summed E-state index contributed by atoms with van der Waals surface area (Å²) in [6.07, 6.45) is -2.88. The second kappa shape index (κ2) is 8.46. The molecule has 0 saturated heterocycles. The third-order valence-corrected chi connectivity index (χ3v) is 7.24. The first kappa shape index (κ1) is 24.3. The second-order valence-electron chi connectivity index (χ2n) is 9.57. The van der Waals surface area contributed by atoms with E-state index in [2.05, 4.69) is 9.97 Å². The third-order valence-electron chi connectivity index (χ3n) is 7.24. The van der Waals surface area contributed by atoms with Crippen LogP contribution in [0.25, 0.3) is 11.3 Å². The number of hydrogen-bond donors (Lipinski definition) is 2. The van der Waals surface area contributed by atoms with Crippen molar-refractivity contribution < 1.29 is 26.7 Å². The molecule has 2 heterocycles. The average Bonchev–Trinajstić information content (AvgIpc) is 2.73. The molecule has 0 aromatic carbocycles. The van der Waals surface area contributed by atoms with E-state index in [9.17, 15) is 31.5 Å². The van der Waals surface area contributed by atoms with Crippen molar-refractivity contribution in [1.29, 1.82) is 0 Å². The maximum Gasteiger partial charge on any atom is 0.391 e. The minimum atomic E-state index is -4.25. The monoisotopic (exact) mass is 483 g/mol. The summed E-state index contributed by atoms with van der Waals surface area (Å²) >= 11 is 0. The van der Waals surface area contributed by atoms with Gasteiger partial charge in [0, 0.05) is 47.5 Å². The van der Waals surface area contributed by atoms with Crippen LogP contribution < -0.4 is 11.2 Å². The summed E-state index contributed by atoms with van der Waals surface area (Å²) in [7, 11) is 0. The van der Waals surface area contributed by atoms with Crippen LogP contribution in [0, 0.1) is 19.8 Å². The lowest BCUT2D eigenvalue weighted by Crippen LogP contribution is -2.34. The molecule has 1 amide bonds. The Bertz CT molecular complexity index is 1170. The van der Waals surface area contributed by atoms with E-state index in [1.54, 1.807) is 6.07 Å². The largest absolute Gasteiger partial charge is 0.391 e. The van der Waals surface area contributed by atoms with E-state index in [1.807, 2.05) is 0 Å². The lowest BCUT2D eigenvalue weighted by molar-refractivity contribution is -0.182. The Labute approximate surface area is 193 Å². The van der Waals surface area contributed by atoms with Crippen molar-refractivity contribution >= 4 is 5.91 Å². The highest BCUT2D eigenvalue weighted by atomic mass is 19.4. The summed E-state index contributed by atoms with van der Waals surface area (Å²) < 4.78 is 66.5. The Hall–Kier alpha value is -2.78. The molecule has 2 saturated carbocycles. The minimum Gasteiger partial charge on any atom is -0.365 e. The van der Waals surface area contributed by atoms with E-state index in [0.717, 1.165) is 0 Å². The highest BCUT2D eigenvalue weighted by Gasteiger charge is 2.47. The molecule has 0 bridgehead atoms. The number of halogens is 5. The molecule has 0 aliphatic heterocycles. The van der Waals surface area contributed by atoms with Gasteiger partial charge in [-0.3, -0.25) is 14.6 Å². The van der Waals surface area contributed by atoms with Gasteiger partial charge in [0.15, 0.2) is 5.43 Å². The number of rotatable bonds is 4. The lowest BCUT2D eigenvalue weighted by atomic mass is 9.74. The fourth-order valence-corrected chi connectivity index (χ4v) is 5.24. The molecule has 2 aromatic heterocycles. The van der Waals surface area contributed by atoms with Gasteiger partial charge in [-0.1, -0.05) is 0 Å². The van der Waals surface area contributed by atoms with Crippen LogP contribution in [0.15, 0.2) is 17.1 Å². The molecule has 0 spiro atoms. The number of nitrogens with one attached hydrogen (secondary N) is 1. The second-order valence-corrected chi connectivity index (χ2v) is 9.57. The molecule has 0 atom stereocenters. The van der Waals surface area contributed by atoms with Gasteiger partial charge in [0.25, 0.3) is 5.91 Å². The number of aryl methyl sites for hydroxylation is 1. The first-order valence-corrected chi connectivity index (χ1v) is 11.3. The third kappa shape index (κ3) is 4.46. The molecule has 184 valence electrons. The normalized spacial score (nSPS) is 22.9. The standard InChI is InChI=1S/C24H26F5N3O2/c1-11-20(32-12(2)19(21(11)33)22(30)34)17-10-31-18(14-8-23(25,26)9-14)7-16(17)13-3-5-15(6-4-13)24(27,28)29/h7,10,13-15H,3-6,8-9H2,1-2H3,(H2,30,34)(H,32,33). The topological polar surface area (TPSA) is 88.8 Å². The van der Waals surface area contributed by atoms with E-state index in [1.165, 1.54) is 20.0 Å². The van der Waals surface area contributed by atoms with Crippen LogP contribution in [0.2, 0.25) is 0 Å². The number of H-pyrrole nitrogens is 1. The highest BCUT2D eigenvalue weighted by molar-refractivity contribution is 5.94.